The van der Waals surface area contributed by atoms with Crippen molar-refractivity contribution >= 4 is 60.5 Å². The van der Waals surface area contributed by atoms with Crippen LogP contribution in [0.3, 0.4) is 0 Å². The Balaban J connectivity index is -0.000000795. The number of ether oxygens (including phenoxy) is 6. The molecule has 59 heavy (non-hydrogen) atoms. The Morgan fingerprint density at radius 2 is 1.03 bits per heavy atom. The molecule has 0 aromatic heterocycles. The van der Waals surface area contributed by atoms with Crippen LogP contribution in [0, 0.1) is 11.3 Å². The minimum Gasteiger partial charge on any atom is -0.497 e. The number of thiol groups is 1. The number of primary amides is 2. The first-order valence-electron chi connectivity index (χ1n) is 18.4. The van der Waals surface area contributed by atoms with Gasteiger partial charge < -0.3 is 39.9 Å². The maximum Gasteiger partial charge on any atom is 0.333 e. The number of hydrogen-bond donors (Lipinski definition) is 3. The zero-order chi connectivity index (χ0) is 46.0. The van der Waals surface area contributed by atoms with Gasteiger partial charge in [0.25, 0.3) is 0 Å². The molecule has 2 aromatic carbocycles. The molecule has 14 nitrogen and oxygen atoms in total. The summed E-state index contributed by atoms with van der Waals surface area (Å²) in [6.45, 7) is 19.3. The summed E-state index contributed by atoms with van der Waals surface area (Å²) in [4.78, 5) is 65.7. The number of benzene rings is 2. The van der Waals surface area contributed by atoms with Crippen molar-refractivity contribution in [1.82, 2.24) is 0 Å². The lowest BCUT2D eigenvalue weighted by molar-refractivity contribution is -0.157. The van der Waals surface area contributed by atoms with Crippen LogP contribution in [0.4, 0.5) is 0 Å². The van der Waals surface area contributed by atoms with E-state index in [4.69, 9.17) is 39.9 Å². The highest BCUT2D eigenvalue weighted by atomic mass is 32.1. The highest BCUT2D eigenvalue weighted by Gasteiger charge is 2.26. The normalized spacial score (nSPS) is 10.5. The van der Waals surface area contributed by atoms with Crippen LogP contribution in [-0.2, 0) is 47.7 Å². The minimum atomic E-state index is -0.516. The monoisotopic (exact) mass is 844 g/mol. The van der Waals surface area contributed by atoms with Crippen LogP contribution in [0.15, 0.2) is 85.0 Å². The molecular weight excluding hydrogens is 781 g/mol. The lowest BCUT2D eigenvalue weighted by Gasteiger charge is -2.20. The molecule has 2 aromatic rings. The van der Waals surface area contributed by atoms with Gasteiger partial charge in [-0.05, 0) is 94.3 Å². The Morgan fingerprint density at radius 3 is 1.31 bits per heavy atom. The Labute approximate surface area is 355 Å². The van der Waals surface area contributed by atoms with Crippen molar-refractivity contribution in [3.05, 3.63) is 96.1 Å². The van der Waals surface area contributed by atoms with Crippen molar-refractivity contribution in [3.63, 3.8) is 0 Å². The van der Waals surface area contributed by atoms with E-state index in [1.165, 1.54) is 12.2 Å². The highest BCUT2D eigenvalue weighted by Crippen LogP contribution is 2.21. The summed E-state index contributed by atoms with van der Waals surface area (Å²) in [7, 11) is 3.18. The van der Waals surface area contributed by atoms with Crippen LogP contribution < -0.4 is 20.9 Å². The van der Waals surface area contributed by atoms with Gasteiger partial charge in [0.1, 0.15) is 37.9 Å². The van der Waals surface area contributed by atoms with Crippen LogP contribution >= 0.6 is 12.6 Å². The highest BCUT2D eigenvalue weighted by molar-refractivity contribution is 7.79. The van der Waals surface area contributed by atoms with E-state index in [9.17, 15) is 28.8 Å². The van der Waals surface area contributed by atoms with E-state index in [0.29, 0.717) is 17.6 Å². The summed E-state index contributed by atoms with van der Waals surface area (Å²) in [5.74, 6) is -0.874. The van der Waals surface area contributed by atoms with Crippen molar-refractivity contribution in [2.75, 3.05) is 46.9 Å². The predicted molar refractivity (Wildman–Crippen MR) is 234 cm³/mol. The lowest BCUT2D eigenvalue weighted by Crippen LogP contribution is -2.27. The van der Waals surface area contributed by atoms with Gasteiger partial charge in [-0.15, -0.1) is 0 Å². The summed E-state index contributed by atoms with van der Waals surface area (Å²) < 4.78 is 29.8. The molecule has 0 fully saturated rings. The molecule has 0 heterocycles. The first-order chi connectivity index (χ1) is 27.7. The number of hydrogen-bond acceptors (Lipinski definition) is 13. The van der Waals surface area contributed by atoms with Crippen LogP contribution in [-0.4, -0.2) is 82.6 Å². The zero-order valence-electron chi connectivity index (χ0n) is 36.2. The fourth-order valence-corrected chi connectivity index (χ4v) is 3.07. The number of nitrogens with two attached hydrogens (primary N) is 2. The number of methoxy groups -OCH3 is 2. The van der Waals surface area contributed by atoms with Gasteiger partial charge in [-0.3, -0.25) is 14.4 Å². The molecule has 2 rings (SSSR count). The lowest BCUT2D eigenvalue weighted by atomic mass is 9.91. The molecule has 0 aliphatic heterocycles. The third-order valence-corrected chi connectivity index (χ3v) is 7.48. The molecule has 0 saturated carbocycles. The Bertz CT molecular complexity index is 1640. The van der Waals surface area contributed by atoms with Crippen molar-refractivity contribution in [3.8, 4) is 11.5 Å². The smallest absolute Gasteiger partial charge is 0.333 e. The number of rotatable bonds is 18. The number of carbonyl (C=O) groups is 6. The molecule has 0 bridgehead atoms. The Hall–Kier alpha value is -5.83. The van der Waals surface area contributed by atoms with E-state index < -0.39 is 29.2 Å². The molecule has 1 atom stereocenters. The van der Waals surface area contributed by atoms with Gasteiger partial charge in [-0.25, -0.2) is 14.4 Å². The van der Waals surface area contributed by atoms with Crippen LogP contribution in [0.5, 0.6) is 11.5 Å². The Morgan fingerprint density at radius 1 is 0.678 bits per heavy atom. The summed E-state index contributed by atoms with van der Waals surface area (Å²) >= 11 is 3.53. The molecule has 0 saturated heterocycles. The van der Waals surface area contributed by atoms with Gasteiger partial charge in [0.15, 0.2) is 0 Å². The average molecular weight is 845 g/mol. The molecule has 328 valence electrons. The van der Waals surface area contributed by atoms with Crippen molar-refractivity contribution in [1.29, 1.82) is 0 Å². The van der Waals surface area contributed by atoms with E-state index in [1.54, 1.807) is 70.7 Å². The van der Waals surface area contributed by atoms with Gasteiger partial charge in [0.05, 0.1) is 19.6 Å². The maximum atomic E-state index is 11.7. The third kappa shape index (κ3) is 30.9. The van der Waals surface area contributed by atoms with E-state index in [2.05, 4.69) is 25.8 Å². The fraction of sp³-hybridized carbons (Fsp3) is 0.409. The summed E-state index contributed by atoms with van der Waals surface area (Å²) in [5, 5.41) is 0. The van der Waals surface area contributed by atoms with Gasteiger partial charge in [-0.2, -0.15) is 12.6 Å². The Kier molecular flexibility index (Phi) is 33.4. The second-order valence-electron chi connectivity index (χ2n) is 12.7. The second-order valence-corrected chi connectivity index (χ2v) is 12.7. The first kappa shape index (κ1) is 57.5. The largest absolute Gasteiger partial charge is 0.497 e. The predicted octanol–water partition coefficient (Wildman–Crippen LogP) is 6.71. The summed E-state index contributed by atoms with van der Waals surface area (Å²) in [5.41, 5.74) is 11.5. The summed E-state index contributed by atoms with van der Waals surface area (Å²) in [6.07, 6.45) is 9.14. The minimum absolute atomic E-state index is 0.00477. The molecule has 0 spiro atoms. The van der Waals surface area contributed by atoms with Gasteiger partial charge >= 0.3 is 23.9 Å². The SMILES string of the molecule is C=C(C)C(=O)OCCOC(=O)/C=C/c1ccc(OC)cc1.C=C(C)C(N)=O.CCC(C)(C)C(=O)OCCOC(=O)/C=C/c1ccc(OC)cc1.CCC(C)C(N)=O.CS. The molecule has 0 radical (unpaired) electrons. The zero-order valence-corrected chi connectivity index (χ0v) is 37.1. The van der Waals surface area contributed by atoms with Gasteiger partial charge in [-0.1, -0.05) is 58.2 Å². The van der Waals surface area contributed by atoms with Crippen molar-refractivity contribution in [2.45, 2.75) is 61.3 Å². The standard InChI is InChI=1S/C18H24O5.C16H18O5.C5H11NO.C4H7NO.CH4S/c1-5-18(2,3)17(20)23-13-12-22-16(19)11-8-14-6-9-15(21-4)10-7-14;1-12(2)16(18)21-11-10-20-15(17)9-6-13-4-7-14(19-3)8-5-13;1-3-4(2)5(6)7;1-3(2)4(5)6;1-2/h6-11H,5,12-13H2,1-4H3;4-9H,1,10-11H2,2-3H3;4H,3H2,1-2H3,(H2,6,7);1H2,2H3,(H2,5,6);2H,1H3/b11-8+;9-6+;;;. The topological polar surface area (TPSA) is 210 Å². The molecule has 1 unspecified atom stereocenters. The van der Waals surface area contributed by atoms with E-state index in [0.717, 1.165) is 29.0 Å². The van der Waals surface area contributed by atoms with Crippen molar-refractivity contribution in [2.24, 2.45) is 22.8 Å². The number of amides is 2. The third-order valence-electron chi connectivity index (χ3n) is 7.48. The van der Waals surface area contributed by atoms with Crippen LogP contribution in [0.2, 0.25) is 0 Å². The average Bonchev–Trinajstić information content (AvgIpc) is 3.23. The number of carbonyl (C=O) groups excluding carboxylic acids is 6. The van der Waals surface area contributed by atoms with Crippen LogP contribution in [0.1, 0.15) is 72.4 Å². The van der Waals surface area contributed by atoms with Gasteiger partial charge in [0.2, 0.25) is 11.8 Å². The second kappa shape index (κ2) is 34.2. The van der Waals surface area contributed by atoms with E-state index in [1.807, 2.05) is 58.9 Å². The molecule has 4 N–H and O–H groups in total. The first-order valence-corrected chi connectivity index (χ1v) is 19.3. The fourth-order valence-electron chi connectivity index (χ4n) is 3.07. The van der Waals surface area contributed by atoms with E-state index >= 15 is 0 Å². The molecule has 0 aliphatic rings. The molecule has 0 aliphatic carbocycles. The molecule has 2 amide bonds. The summed E-state index contributed by atoms with van der Waals surface area (Å²) in [6, 6.07) is 14.5. The molecule has 15 heteroatoms. The number of esters is 4. The van der Waals surface area contributed by atoms with Crippen molar-refractivity contribution < 1.29 is 57.2 Å². The molecular formula is C44H64N2O12S. The quantitative estimate of drug-likeness (QED) is 0.0470. The van der Waals surface area contributed by atoms with Gasteiger partial charge in [0, 0.05) is 29.2 Å². The maximum absolute atomic E-state index is 11.7. The van der Waals surface area contributed by atoms with E-state index in [-0.39, 0.29) is 44.2 Å². The van der Waals surface area contributed by atoms with Crippen LogP contribution in [0.25, 0.3) is 12.2 Å².